The number of phenols is 2. The summed E-state index contributed by atoms with van der Waals surface area (Å²) in [6, 6.07) is 0. The molecule has 1 aromatic carbocycles. The van der Waals surface area contributed by atoms with E-state index < -0.39 is 0 Å². The maximum Gasteiger partial charge on any atom is 0.207 e. The number of benzene rings is 1. The van der Waals surface area contributed by atoms with Gasteiger partial charge in [0, 0.05) is 11.1 Å². The highest BCUT2D eigenvalue weighted by atomic mass is 16.5. The summed E-state index contributed by atoms with van der Waals surface area (Å²) in [6.45, 7) is 20.9. The van der Waals surface area contributed by atoms with Gasteiger partial charge in [0.2, 0.25) is 11.5 Å². The van der Waals surface area contributed by atoms with Crippen molar-refractivity contribution < 1.29 is 19.7 Å². The second kappa shape index (κ2) is 27.5. The average Bonchev–Trinajstić information content (AvgIpc) is 3.08. The largest absolute Gasteiger partial charge is 0.504 e. The van der Waals surface area contributed by atoms with Crippen LogP contribution in [-0.2, 0) is 6.42 Å². The van der Waals surface area contributed by atoms with Gasteiger partial charge in [0.1, 0.15) is 0 Å². The minimum atomic E-state index is 0.0453. The third-order valence-corrected chi connectivity index (χ3v) is 11.7. The molecule has 0 radical (unpaired) electrons. The smallest absolute Gasteiger partial charge is 0.207 e. The van der Waals surface area contributed by atoms with Crippen molar-refractivity contribution >= 4 is 0 Å². The highest BCUT2D eigenvalue weighted by Gasteiger charge is 2.23. The molecule has 0 saturated heterocycles. The van der Waals surface area contributed by atoms with Gasteiger partial charge in [-0.2, -0.15) is 0 Å². The highest BCUT2D eigenvalue weighted by Crippen LogP contribution is 2.48. The Hall–Kier alpha value is -2.10. The van der Waals surface area contributed by atoms with Crippen molar-refractivity contribution in [2.45, 2.75) is 197 Å². The Balaban J connectivity index is 2.19. The number of hydrogen-bond donors (Lipinski definition) is 2. The van der Waals surface area contributed by atoms with Gasteiger partial charge in [-0.15, -0.1) is 0 Å². The normalized spacial score (nSPS) is 15.4. The highest BCUT2D eigenvalue weighted by molar-refractivity contribution is 5.65. The summed E-state index contributed by atoms with van der Waals surface area (Å²) in [5.41, 5.74) is 4.51. The Bertz CT molecular complexity index is 1120. The second-order valence-electron chi connectivity index (χ2n) is 17.0. The van der Waals surface area contributed by atoms with Crippen molar-refractivity contribution in [3.63, 3.8) is 0 Å². The lowest BCUT2D eigenvalue weighted by Gasteiger charge is -2.19. The SMILES string of the molecule is CCCCC(C)CCCC(C)CCCC(C)CCC/C(C)=C\CCC(C)CCC/C(C)=C\CCC(C)CCc1c(C)c(O)c(OC)c(OC)c1O. The van der Waals surface area contributed by atoms with E-state index in [0.29, 0.717) is 17.9 Å². The van der Waals surface area contributed by atoms with Gasteiger partial charge in [-0.3, -0.25) is 0 Å². The Kier molecular flexibility index (Phi) is 25.3. The van der Waals surface area contributed by atoms with Crippen LogP contribution in [0.15, 0.2) is 23.3 Å². The second-order valence-corrected chi connectivity index (χ2v) is 17.0. The van der Waals surface area contributed by atoms with Crippen LogP contribution in [-0.4, -0.2) is 24.4 Å². The standard InChI is InChI=1S/C47H84O4/c1-12-13-20-35(2)21-14-22-36(3)23-15-24-37(4)25-16-26-38(5)27-17-28-39(6)29-18-30-40(7)31-19-32-41(8)33-34-43-42(9)44(48)46(50-10)47(51-11)45(43)49/h27,31,35-37,39,41,48-49H,12-26,28-30,32-34H2,1-11H3/b38-27-,40-31-. The Morgan fingerprint density at radius 3 is 1.35 bits per heavy atom. The molecule has 4 heteroatoms. The molecule has 5 unspecified atom stereocenters. The average molecular weight is 713 g/mol. The summed E-state index contributed by atoms with van der Waals surface area (Å²) in [5.74, 6) is 4.51. The number of allylic oxidation sites excluding steroid dienone is 4. The summed E-state index contributed by atoms with van der Waals surface area (Å²) in [7, 11) is 2.95. The summed E-state index contributed by atoms with van der Waals surface area (Å²) in [4.78, 5) is 0. The fourth-order valence-corrected chi connectivity index (χ4v) is 7.71. The molecule has 0 aliphatic heterocycles. The predicted molar refractivity (Wildman–Crippen MR) is 223 cm³/mol. The summed E-state index contributed by atoms with van der Waals surface area (Å²) in [5, 5.41) is 21.3. The number of unbranched alkanes of at least 4 members (excludes halogenated alkanes) is 1. The van der Waals surface area contributed by atoms with Crippen LogP contribution in [0.3, 0.4) is 0 Å². The van der Waals surface area contributed by atoms with Gasteiger partial charge in [0.25, 0.3) is 0 Å². The molecule has 4 nitrogen and oxygen atoms in total. The molecule has 0 saturated carbocycles. The summed E-state index contributed by atoms with van der Waals surface area (Å²) < 4.78 is 10.6. The lowest BCUT2D eigenvalue weighted by molar-refractivity contribution is 0.313. The number of ether oxygens (including phenoxy) is 2. The van der Waals surface area contributed by atoms with E-state index in [-0.39, 0.29) is 23.0 Å². The Morgan fingerprint density at radius 1 is 0.549 bits per heavy atom. The molecule has 0 spiro atoms. The first-order valence-electron chi connectivity index (χ1n) is 21.3. The monoisotopic (exact) mass is 713 g/mol. The van der Waals surface area contributed by atoms with E-state index in [1.54, 1.807) is 5.57 Å². The molecule has 0 heterocycles. The van der Waals surface area contributed by atoms with Gasteiger partial charge < -0.3 is 19.7 Å². The molecule has 0 fully saturated rings. The van der Waals surface area contributed by atoms with Crippen LogP contribution in [0.4, 0.5) is 0 Å². The van der Waals surface area contributed by atoms with Gasteiger partial charge in [-0.1, -0.05) is 135 Å². The number of aromatic hydroxyl groups is 2. The Morgan fingerprint density at radius 2 is 0.922 bits per heavy atom. The lowest BCUT2D eigenvalue weighted by atomic mass is 9.90. The van der Waals surface area contributed by atoms with Crippen LogP contribution in [0.1, 0.15) is 195 Å². The molecule has 0 aromatic heterocycles. The molecule has 2 N–H and O–H groups in total. The zero-order valence-corrected chi connectivity index (χ0v) is 35.6. The maximum atomic E-state index is 10.8. The van der Waals surface area contributed by atoms with Gasteiger partial charge in [-0.05, 0) is 115 Å². The van der Waals surface area contributed by atoms with Gasteiger partial charge >= 0.3 is 0 Å². The number of rotatable bonds is 30. The van der Waals surface area contributed by atoms with E-state index in [9.17, 15) is 10.2 Å². The van der Waals surface area contributed by atoms with Crippen molar-refractivity contribution in [2.24, 2.45) is 29.6 Å². The van der Waals surface area contributed by atoms with E-state index in [4.69, 9.17) is 9.47 Å². The third-order valence-electron chi connectivity index (χ3n) is 11.7. The number of phenolic OH excluding ortho intramolecular Hbond substituents is 2. The van der Waals surface area contributed by atoms with Gasteiger partial charge in [-0.25, -0.2) is 0 Å². The van der Waals surface area contributed by atoms with Crippen LogP contribution >= 0.6 is 0 Å². The molecular formula is C47H84O4. The quantitative estimate of drug-likeness (QED) is 0.0616. The minimum absolute atomic E-state index is 0.0453. The molecule has 296 valence electrons. The van der Waals surface area contributed by atoms with Crippen LogP contribution in [0.2, 0.25) is 0 Å². The van der Waals surface area contributed by atoms with E-state index >= 15 is 0 Å². The van der Waals surface area contributed by atoms with Crippen molar-refractivity contribution in [3.05, 3.63) is 34.4 Å². The topological polar surface area (TPSA) is 58.9 Å². The number of methoxy groups -OCH3 is 2. The molecule has 0 aliphatic rings. The molecule has 0 amide bonds. The van der Waals surface area contributed by atoms with Crippen LogP contribution in [0.5, 0.6) is 23.0 Å². The summed E-state index contributed by atoms with van der Waals surface area (Å²) >= 11 is 0. The zero-order valence-electron chi connectivity index (χ0n) is 35.6. The molecule has 5 atom stereocenters. The predicted octanol–water partition coefficient (Wildman–Crippen LogP) is 14.9. The van der Waals surface area contributed by atoms with Crippen LogP contribution < -0.4 is 9.47 Å². The van der Waals surface area contributed by atoms with Crippen molar-refractivity contribution in [1.82, 2.24) is 0 Å². The Labute approximate surface area is 317 Å². The molecule has 51 heavy (non-hydrogen) atoms. The third kappa shape index (κ3) is 20.1. The van der Waals surface area contributed by atoms with E-state index in [0.717, 1.165) is 48.5 Å². The molecule has 0 bridgehead atoms. The number of hydrogen-bond acceptors (Lipinski definition) is 4. The first-order chi connectivity index (χ1) is 24.3. The molecular weight excluding hydrogens is 629 g/mol. The van der Waals surface area contributed by atoms with Crippen LogP contribution in [0.25, 0.3) is 0 Å². The van der Waals surface area contributed by atoms with Gasteiger partial charge in [0.05, 0.1) is 14.2 Å². The van der Waals surface area contributed by atoms with Crippen molar-refractivity contribution in [1.29, 1.82) is 0 Å². The van der Waals surface area contributed by atoms with E-state index in [1.807, 2.05) is 6.92 Å². The molecule has 1 rings (SSSR count). The summed E-state index contributed by atoms with van der Waals surface area (Å²) in [6.07, 6.45) is 31.8. The fourth-order valence-electron chi connectivity index (χ4n) is 7.71. The molecule has 0 aliphatic carbocycles. The first-order valence-corrected chi connectivity index (χ1v) is 21.3. The lowest BCUT2D eigenvalue weighted by Crippen LogP contribution is -2.02. The first kappa shape index (κ1) is 46.9. The zero-order chi connectivity index (χ0) is 38.2. The fraction of sp³-hybridized carbons (Fsp3) is 0.787. The van der Waals surface area contributed by atoms with Crippen molar-refractivity contribution in [3.8, 4) is 23.0 Å². The van der Waals surface area contributed by atoms with Crippen molar-refractivity contribution in [2.75, 3.05) is 14.2 Å². The van der Waals surface area contributed by atoms with Crippen LogP contribution in [0, 0.1) is 36.5 Å². The minimum Gasteiger partial charge on any atom is -0.504 e. The molecule has 1 aromatic rings. The van der Waals surface area contributed by atoms with Gasteiger partial charge in [0.15, 0.2) is 11.5 Å². The van der Waals surface area contributed by atoms with E-state index in [2.05, 4.69) is 67.5 Å². The maximum absolute atomic E-state index is 10.8. The van der Waals surface area contributed by atoms with E-state index in [1.165, 1.54) is 129 Å².